The number of rotatable bonds is 5. The molecule has 9 nitrogen and oxygen atoms in total. The zero-order chi connectivity index (χ0) is 30.4. The van der Waals surface area contributed by atoms with Crippen LogP contribution in [0.2, 0.25) is 0 Å². The minimum absolute atomic E-state index is 0.0215. The van der Waals surface area contributed by atoms with E-state index in [0.717, 1.165) is 34.4 Å². The number of fused-ring (bicyclic) bond motifs is 1. The lowest BCUT2D eigenvalue weighted by Gasteiger charge is -2.32. The van der Waals surface area contributed by atoms with Crippen molar-refractivity contribution in [3.8, 4) is 0 Å². The number of benzene rings is 1. The van der Waals surface area contributed by atoms with Gasteiger partial charge >= 0.3 is 5.97 Å². The largest absolute Gasteiger partial charge is 0.497 e. The van der Waals surface area contributed by atoms with Gasteiger partial charge in [-0.25, -0.2) is 0 Å². The van der Waals surface area contributed by atoms with Crippen molar-refractivity contribution < 1.29 is 29.0 Å². The molecule has 0 bridgehead atoms. The van der Waals surface area contributed by atoms with Crippen molar-refractivity contribution in [2.45, 2.75) is 46.1 Å². The Balaban J connectivity index is 1.68. The van der Waals surface area contributed by atoms with Crippen molar-refractivity contribution in [2.24, 2.45) is 5.92 Å². The normalized spacial score (nSPS) is 22.1. The van der Waals surface area contributed by atoms with Gasteiger partial charge in [0, 0.05) is 50.5 Å². The molecular weight excluding hydrogens is 534 g/mol. The summed E-state index contributed by atoms with van der Waals surface area (Å²) in [5.74, 6) is -0.636. The van der Waals surface area contributed by atoms with Gasteiger partial charge in [0.1, 0.15) is 12.3 Å². The zero-order valence-corrected chi connectivity index (χ0v) is 25.4. The topological polar surface area (TPSA) is 99.6 Å². The third-order valence-electron chi connectivity index (χ3n) is 8.10. The van der Waals surface area contributed by atoms with Crippen LogP contribution in [0.25, 0.3) is 0 Å². The highest BCUT2D eigenvalue weighted by Gasteiger charge is 2.30. The molecule has 1 aromatic rings. The molecule has 0 spiro atoms. The highest BCUT2D eigenvalue weighted by Crippen LogP contribution is 2.34. The van der Waals surface area contributed by atoms with E-state index in [1.165, 1.54) is 4.90 Å². The van der Waals surface area contributed by atoms with Crippen molar-refractivity contribution >= 4 is 17.8 Å². The van der Waals surface area contributed by atoms with Gasteiger partial charge < -0.3 is 29.3 Å². The minimum Gasteiger partial charge on any atom is -0.497 e. The summed E-state index contributed by atoms with van der Waals surface area (Å²) in [6.45, 7) is 7.48. The molecule has 2 atom stereocenters. The van der Waals surface area contributed by atoms with Crippen LogP contribution >= 0.6 is 0 Å². The molecule has 0 radical (unpaired) electrons. The molecule has 1 saturated heterocycles. The second-order valence-electron chi connectivity index (χ2n) is 11.4. The molecule has 1 aromatic carbocycles. The summed E-state index contributed by atoms with van der Waals surface area (Å²) in [7, 11) is 3.31. The van der Waals surface area contributed by atoms with Gasteiger partial charge in [0.25, 0.3) is 5.91 Å². The van der Waals surface area contributed by atoms with Gasteiger partial charge in [-0.3, -0.25) is 14.4 Å². The number of carbonyl (C=O) groups is 3. The fraction of sp³-hybridized carbons (Fsp3) is 0.485. The summed E-state index contributed by atoms with van der Waals surface area (Å²) in [5, 5.41) is 9.59. The van der Waals surface area contributed by atoms with Crippen LogP contribution in [0, 0.1) is 19.8 Å². The van der Waals surface area contributed by atoms with Crippen LogP contribution in [0.4, 0.5) is 0 Å². The zero-order valence-electron chi connectivity index (χ0n) is 25.4. The van der Waals surface area contributed by atoms with Crippen LogP contribution in [0.5, 0.6) is 0 Å². The fourth-order valence-electron chi connectivity index (χ4n) is 6.20. The second kappa shape index (κ2) is 13.9. The molecule has 3 aliphatic rings. The van der Waals surface area contributed by atoms with E-state index in [4.69, 9.17) is 9.47 Å². The number of carboxylic acids is 1. The first-order valence-corrected chi connectivity index (χ1v) is 14.6. The molecule has 0 aromatic heterocycles. The number of hydrogen-bond acceptors (Lipinski definition) is 6. The van der Waals surface area contributed by atoms with Gasteiger partial charge in [0.2, 0.25) is 5.91 Å². The Hall–Kier alpha value is -3.85. The molecule has 42 heavy (non-hydrogen) atoms. The standard InChI is InChI=1S/C33H43N3O6/c1-22-14-23(2)16-25(15-22)33(40)34-11-6-8-27-17-24(3)32-26(18-28(41-4)9-10-29(32)42-5)19-36(27)20-30(37)35(13-7-12-34)21-31(38)39/h9-10,14-18,24,29H,6-8,11-13,19-21H2,1-5H3,(H,38,39)/t24-,29?/m0/s1. The quantitative estimate of drug-likeness (QED) is 0.563. The minimum atomic E-state index is -1.06. The maximum atomic E-state index is 13.6. The Kier molecular flexibility index (Phi) is 10.3. The van der Waals surface area contributed by atoms with E-state index < -0.39 is 5.97 Å². The van der Waals surface area contributed by atoms with E-state index in [-0.39, 0.29) is 43.5 Å². The number of aliphatic carboxylic acids is 1. The number of carbonyl (C=O) groups excluding carboxylic acids is 2. The van der Waals surface area contributed by atoms with Gasteiger partial charge in [-0.15, -0.1) is 0 Å². The van der Waals surface area contributed by atoms with E-state index in [9.17, 15) is 19.5 Å². The molecule has 1 fully saturated rings. The highest BCUT2D eigenvalue weighted by atomic mass is 16.5. The number of aryl methyl sites for hydroxylation is 2. The van der Waals surface area contributed by atoms with Crippen molar-refractivity contribution in [3.63, 3.8) is 0 Å². The lowest BCUT2D eigenvalue weighted by molar-refractivity contribution is -0.144. The predicted octanol–water partition coefficient (Wildman–Crippen LogP) is 4.09. The average Bonchev–Trinajstić information content (AvgIpc) is 3.18. The Labute approximate surface area is 248 Å². The molecule has 4 rings (SSSR count). The number of ether oxygens (including phenoxy) is 2. The van der Waals surface area contributed by atoms with Crippen LogP contribution in [-0.2, 0) is 19.1 Å². The molecule has 1 N–H and O–H groups in total. The molecule has 1 unspecified atom stereocenters. The van der Waals surface area contributed by atoms with E-state index >= 15 is 0 Å². The number of methoxy groups -OCH3 is 2. The number of nitrogens with zero attached hydrogens (tertiary/aromatic N) is 3. The van der Waals surface area contributed by atoms with E-state index in [1.54, 1.807) is 14.2 Å². The lowest BCUT2D eigenvalue weighted by atomic mass is 9.91. The summed E-state index contributed by atoms with van der Waals surface area (Å²) in [4.78, 5) is 44.3. The maximum Gasteiger partial charge on any atom is 0.323 e. The Morgan fingerprint density at radius 2 is 1.74 bits per heavy atom. The third-order valence-corrected chi connectivity index (χ3v) is 8.10. The van der Waals surface area contributed by atoms with Crippen LogP contribution in [0.15, 0.2) is 65.1 Å². The predicted molar refractivity (Wildman–Crippen MR) is 161 cm³/mol. The van der Waals surface area contributed by atoms with Gasteiger partial charge in [-0.2, -0.15) is 0 Å². The number of allylic oxidation sites excluding steroid dienone is 3. The molecule has 9 heteroatoms. The van der Waals surface area contributed by atoms with Gasteiger partial charge in [-0.1, -0.05) is 30.2 Å². The second-order valence-corrected chi connectivity index (χ2v) is 11.4. The number of carboxylic acid groups (broad SMARTS) is 1. The highest BCUT2D eigenvalue weighted by molar-refractivity contribution is 5.94. The number of amides is 2. The van der Waals surface area contributed by atoms with E-state index in [1.807, 2.05) is 55.2 Å². The van der Waals surface area contributed by atoms with Gasteiger partial charge in [-0.05, 0) is 74.6 Å². The Bertz CT molecular complexity index is 1310. The van der Waals surface area contributed by atoms with Crippen LogP contribution in [0.1, 0.15) is 47.7 Å². The monoisotopic (exact) mass is 577 g/mol. The van der Waals surface area contributed by atoms with Crippen molar-refractivity contribution in [1.29, 1.82) is 0 Å². The summed E-state index contributed by atoms with van der Waals surface area (Å²) in [6, 6.07) is 5.86. The molecular formula is C33H43N3O6. The van der Waals surface area contributed by atoms with Crippen LogP contribution in [-0.4, -0.2) is 97.2 Å². The first-order valence-electron chi connectivity index (χ1n) is 14.6. The summed E-state index contributed by atoms with van der Waals surface area (Å²) >= 11 is 0. The third kappa shape index (κ3) is 7.50. The van der Waals surface area contributed by atoms with Crippen LogP contribution in [0.3, 0.4) is 0 Å². The first kappa shape index (κ1) is 31.1. The van der Waals surface area contributed by atoms with Crippen LogP contribution < -0.4 is 0 Å². The lowest BCUT2D eigenvalue weighted by Crippen LogP contribution is -2.45. The first-order chi connectivity index (χ1) is 20.1. The van der Waals surface area contributed by atoms with Gasteiger partial charge in [0.15, 0.2) is 0 Å². The summed E-state index contributed by atoms with van der Waals surface area (Å²) in [6.07, 6.45) is 9.71. The van der Waals surface area contributed by atoms with E-state index in [0.29, 0.717) is 43.8 Å². The summed E-state index contributed by atoms with van der Waals surface area (Å²) in [5.41, 5.74) is 5.83. The molecule has 2 aliphatic heterocycles. The Morgan fingerprint density at radius 1 is 1.02 bits per heavy atom. The average molecular weight is 578 g/mol. The molecule has 2 heterocycles. The fourth-order valence-corrected chi connectivity index (χ4v) is 6.20. The molecule has 1 aliphatic carbocycles. The number of hydrogen-bond donors (Lipinski definition) is 1. The smallest absolute Gasteiger partial charge is 0.323 e. The van der Waals surface area contributed by atoms with Gasteiger partial charge in [0.05, 0.1) is 19.8 Å². The molecule has 2 amide bonds. The molecule has 226 valence electrons. The maximum absolute atomic E-state index is 13.6. The van der Waals surface area contributed by atoms with E-state index in [2.05, 4.69) is 17.9 Å². The van der Waals surface area contributed by atoms with Crippen molar-refractivity contribution in [2.75, 3.05) is 53.5 Å². The van der Waals surface area contributed by atoms with Crippen molar-refractivity contribution in [1.82, 2.24) is 14.7 Å². The van der Waals surface area contributed by atoms with Crippen molar-refractivity contribution in [3.05, 3.63) is 81.8 Å². The SMILES string of the molecule is COC1=CC2=C(C(OC)C=C1)[C@@H](C)C=C1CCCN(C(=O)c3cc(C)cc(C)c3)CCCN(CC(=O)O)C(=O)CN1C2. The Morgan fingerprint density at radius 3 is 2.40 bits per heavy atom. The molecule has 0 saturated carbocycles. The summed E-state index contributed by atoms with van der Waals surface area (Å²) < 4.78 is 11.4.